The van der Waals surface area contributed by atoms with Crippen molar-refractivity contribution in [3.63, 3.8) is 0 Å². The third-order valence-corrected chi connectivity index (χ3v) is 9.49. The summed E-state index contributed by atoms with van der Waals surface area (Å²) < 4.78 is 22.9. The molecule has 0 fully saturated rings. The minimum Gasteiger partial charge on any atom is -0.376 e. The molecule has 0 spiro atoms. The Morgan fingerprint density at radius 2 is 1.53 bits per heavy atom. The summed E-state index contributed by atoms with van der Waals surface area (Å²) in [5, 5.41) is 11.1. The summed E-state index contributed by atoms with van der Waals surface area (Å²) in [7, 11) is -3.66. The highest BCUT2D eigenvalue weighted by Crippen LogP contribution is 2.19. The van der Waals surface area contributed by atoms with E-state index in [0.717, 1.165) is 13.0 Å². The molecule has 0 aromatic rings. The van der Waals surface area contributed by atoms with Gasteiger partial charge in [-0.05, 0) is 47.1 Å². The molecule has 0 saturated carbocycles. The highest BCUT2D eigenvalue weighted by molar-refractivity contribution is 6.76. The van der Waals surface area contributed by atoms with E-state index in [1.54, 1.807) is 0 Å². The number of hydrogen-bond acceptors (Lipinski definition) is 10. The van der Waals surface area contributed by atoms with E-state index in [2.05, 4.69) is 25.0 Å². The average Bonchev–Trinajstić information content (AvgIpc) is 2.76. The predicted molar refractivity (Wildman–Crippen MR) is 138 cm³/mol. The van der Waals surface area contributed by atoms with Crippen LogP contribution >= 0.6 is 0 Å². The Morgan fingerprint density at radius 1 is 0.882 bits per heavy atom. The van der Waals surface area contributed by atoms with Crippen molar-refractivity contribution < 1.29 is 37.6 Å². The second-order valence-electron chi connectivity index (χ2n) is 9.07. The van der Waals surface area contributed by atoms with Crippen LogP contribution in [0.3, 0.4) is 0 Å². The van der Waals surface area contributed by atoms with Gasteiger partial charge in [0.25, 0.3) is 0 Å². The maximum Gasteiger partial charge on any atom is 0.500 e. The van der Waals surface area contributed by atoms with Gasteiger partial charge in [-0.25, -0.2) is 9.78 Å². The molecule has 0 radical (unpaired) electrons. The fourth-order valence-corrected chi connectivity index (χ4v) is 6.83. The molecular weight excluding hydrogens is 476 g/mol. The van der Waals surface area contributed by atoms with Crippen molar-refractivity contribution in [3.8, 4) is 0 Å². The van der Waals surface area contributed by atoms with E-state index >= 15 is 0 Å². The first-order valence-corrected chi connectivity index (χ1v) is 18.2. The van der Waals surface area contributed by atoms with Gasteiger partial charge in [-0.2, -0.15) is 4.89 Å². The number of rotatable bonds is 24. The highest BCUT2D eigenvalue weighted by atomic mass is 28.4. The zero-order valence-electron chi connectivity index (χ0n) is 22.5. The predicted octanol–water partition coefficient (Wildman–Crippen LogP) is 4.37. The maximum absolute atomic E-state index is 7.94. The molecular formula is C22H50N2O8Si2. The van der Waals surface area contributed by atoms with Crippen LogP contribution in [0.15, 0.2) is 0 Å². The summed E-state index contributed by atoms with van der Waals surface area (Å²) in [6.45, 7) is 18.6. The van der Waals surface area contributed by atoms with Crippen LogP contribution in [0.1, 0.15) is 47.0 Å². The van der Waals surface area contributed by atoms with Gasteiger partial charge in [0.1, 0.15) is 19.4 Å². The molecule has 0 bridgehead atoms. The van der Waals surface area contributed by atoms with Crippen molar-refractivity contribution in [2.45, 2.75) is 84.8 Å². The third-order valence-electron chi connectivity index (χ3n) is 4.48. The molecule has 0 aliphatic rings. The van der Waals surface area contributed by atoms with E-state index in [4.69, 9.17) is 43.0 Å². The minimum absolute atomic E-state index is 0.0494. The van der Waals surface area contributed by atoms with Crippen LogP contribution in [-0.2, 0) is 37.6 Å². The molecule has 0 saturated heterocycles. The van der Waals surface area contributed by atoms with Crippen LogP contribution in [0.5, 0.6) is 0 Å². The van der Waals surface area contributed by atoms with Crippen molar-refractivity contribution >= 4 is 22.8 Å². The van der Waals surface area contributed by atoms with Crippen LogP contribution in [0.2, 0.25) is 31.7 Å². The largest absolute Gasteiger partial charge is 0.500 e. The minimum atomic E-state index is -2.69. The summed E-state index contributed by atoms with van der Waals surface area (Å²) in [4.78, 5) is 20.5. The number of nitrogens with one attached hydrogen (secondary N) is 2. The topological polar surface area (TPSA) is 110 Å². The number of hydrogen-bond donors (Lipinski definition) is 2. The molecule has 0 aromatic carbocycles. The second kappa shape index (κ2) is 20.7. The van der Waals surface area contributed by atoms with Crippen LogP contribution in [0, 0.1) is 5.41 Å². The SMILES string of the molecule is CCO[Si](CCCC(=N)OOC(C)COCCOOCNCCC[Si](C)(C)C)(OCC)OCC. The Hall–Kier alpha value is -0.416. The fourth-order valence-electron chi connectivity index (χ4n) is 2.98. The third kappa shape index (κ3) is 19.8. The van der Waals surface area contributed by atoms with E-state index in [0.29, 0.717) is 65.3 Å². The quantitative estimate of drug-likeness (QED) is 0.0360. The maximum atomic E-state index is 7.94. The summed E-state index contributed by atoms with van der Waals surface area (Å²) in [6, 6.07) is 1.93. The van der Waals surface area contributed by atoms with Gasteiger partial charge >= 0.3 is 8.80 Å². The van der Waals surface area contributed by atoms with Crippen LogP contribution in [-0.4, -0.2) is 81.8 Å². The Balaban J connectivity index is 3.74. The second-order valence-corrected chi connectivity index (χ2v) is 17.4. The zero-order valence-corrected chi connectivity index (χ0v) is 24.5. The number of ether oxygens (including phenoxy) is 1. The van der Waals surface area contributed by atoms with Crippen molar-refractivity contribution in [2.24, 2.45) is 0 Å². The first kappa shape index (κ1) is 33.6. The molecule has 0 heterocycles. The summed E-state index contributed by atoms with van der Waals surface area (Å²) >= 11 is 0. The molecule has 1 atom stereocenters. The Bertz CT molecular complexity index is 481. The molecule has 2 N–H and O–H groups in total. The monoisotopic (exact) mass is 526 g/mol. The van der Waals surface area contributed by atoms with Crippen LogP contribution in [0.4, 0.5) is 0 Å². The van der Waals surface area contributed by atoms with Crippen molar-refractivity contribution in [3.05, 3.63) is 0 Å². The molecule has 0 aromatic heterocycles. The Morgan fingerprint density at radius 3 is 2.12 bits per heavy atom. The first-order chi connectivity index (χ1) is 16.2. The van der Waals surface area contributed by atoms with Gasteiger partial charge in [0, 0.05) is 40.4 Å². The van der Waals surface area contributed by atoms with Gasteiger partial charge in [0.15, 0.2) is 0 Å². The summed E-state index contributed by atoms with van der Waals surface area (Å²) in [5.74, 6) is 0.0494. The smallest absolute Gasteiger partial charge is 0.376 e. The van der Waals surface area contributed by atoms with E-state index < -0.39 is 16.9 Å². The van der Waals surface area contributed by atoms with Crippen molar-refractivity contribution in [2.75, 3.05) is 52.9 Å². The van der Waals surface area contributed by atoms with Gasteiger partial charge < -0.3 is 22.9 Å². The molecule has 204 valence electrons. The standard InChI is InChI=1S/C22H50N2O8Si2/c1-8-28-34(29-9-2,30-10-3)18-11-13-22(23)32-31-21(4)19-25-15-16-26-27-20-24-14-12-17-33(5,6)7/h21,23-24H,8-20H2,1-7H3. The van der Waals surface area contributed by atoms with E-state index in [1.807, 2.05) is 27.7 Å². The Kier molecular flexibility index (Phi) is 20.5. The van der Waals surface area contributed by atoms with E-state index in [9.17, 15) is 0 Å². The molecule has 0 aliphatic heterocycles. The summed E-state index contributed by atoms with van der Waals surface area (Å²) in [5.41, 5.74) is 0. The molecule has 0 amide bonds. The first-order valence-electron chi connectivity index (χ1n) is 12.5. The van der Waals surface area contributed by atoms with E-state index in [-0.39, 0.29) is 12.0 Å². The highest BCUT2D eigenvalue weighted by Gasteiger charge is 2.39. The fraction of sp³-hybridized carbons (Fsp3) is 0.955. The molecule has 1 unspecified atom stereocenters. The summed E-state index contributed by atoms with van der Waals surface area (Å²) in [6.07, 6.45) is 1.91. The van der Waals surface area contributed by atoms with E-state index in [1.165, 1.54) is 6.04 Å². The van der Waals surface area contributed by atoms with Gasteiger partial charge in [0.2, 0.25) is 5.90 Å². The zero-order chi connectivity index (χ0) is 25.7. The Labute approximate surface area is 209 Å². The lowest BCUT2D eigenvalue weighted by atomic mass is 10.3. The normalized spacial score (nSPS) is 13.3. The van der Waals surface area contributed by atoms with Crippen molar-refractivity contribution in [1.82, 2.24) is 5.32 Å². The molecule has 12 heteroatoms. The van der Waals surface area contributed by atoms with Gasteiger partial charge in [-0.3, -0.25) is 10.7 Å². The van der Waals surface area contributed by atoms with Gasteiger partial charge in [0.05, 0.1) is 13.2 Å². The lowest BCUT2D eigenvalue weighted by molar-refractivity contribution is -0.306. The van der Waals surface area contributed by atoms with Crippen LogP contribution < -0.4 is 5.32 Å². The molecule has 0 aliphatic carbocycles. The van der Waals surface area contributed by atoms with Gasteiger partial charge in [-0.1, -0.05) is 25.7 Å². The average molecular weight is 527 g/mol. The lowest BCUT2D eigenvalue weighted by Gasteiger charge is -2.28. The molecule has 34 heavy (non-hydrogen) atoms. The lowest BCUT2D eigenvalue weighted by Crippen LogP contribution is -2.46. The molecule has 10 nitrogen and oxygen atoms in total. The van der Waals surface area contributed by atoms with Gasteiger partial charge in [-0.15, -0.1) is 0 Å². The van der Waals surface area contributed by atoms with Crippen LogP contribution in [0.25, 0.3) is 0 Å². The van der Waals surface area contributed by atoms with Crippen molar-refractivity contribution in [1.29, 1.82) is 5.41 Å². The molecule has 0 rings (SSSR count).